The van der Waals surface area contributed by atoms with E-state index >= 15 is 0 Å². The van der Waals surface area contributed by atoms with E-state index in [0.717, 1.165) is 29.6 Å². The predicted octanol–water partition coefficient (Wildman–Crippen LogP) is 0.339. The Bertz CT molecular complexity index is 194. The molecule has 1 heterocycles. The molecule has 15 heavy (non-hydrogen) atoms. The topological polar surface area (TPSA) is 9.23 Å². The summed E-state index contributed by atoms with van der Waals surface area (Å²) in [5.74, 6) is 1.97. The van der Waals surface area contributed by atoms with Crippen LogP contribution < -0.4 is 18.9 Å². The number of thioether (sulfide) groups is 1. The molecule has 0 fully saturated rings. The van der Waals surface area contributed by atoms with E-state index in [1.54, 1.807) is 0 Å². The third kappa shape index (κ3) is 4.69. The van der Waals surface area contributed by atoms with Crippen molar-refractivity contribution in [2.45, 2.75) is 33.1 Å². The van der Waals surface area contributed by atoms with E-state index in [0.29, 0.717) is 5.41 Å². The summed E-state index contributed by atoms with van der Waals surface area (Å²) in [4.78, 5) is 0. The Hall–Kier alpha value is 0.837. The van der Waals surface area contributed by atoms with Crippen LogP contribution in [0, 0.1) is 5.41 Å². The molecule has 0 aromatic rings. The Kier molecular flexibility index (Phi) is 8.45. The average Bonchev–Trinajstić information content (AvgIpc) is 2.74. The van der Waals surface area contributed by atoms with Gasteiger partial charge in [0.2, 0.25) is 0 Å². The molecule has 0 atom stereocenters. The van der Waals surface area contributed by atoms with Crippen LogP contribution >= 0.6 is 11.8 Å². The molecule has 0 saturated heterocycles. The first-order valence-electron chi connectivity index (χ1n) is 5.30. The van der Waals surface area contributed by atoms with Crippen LogP contribution in [0.1, 0.15) is 33.1 Å². The van der Waals surface area contributed by atoms with Gasteiger partial charge in [-0.1, -0.05) is 38.5 Å². The largest absolute Gasteiger partial charge is 1.00 e. The molecule has 0 aromatic heterocycles. The van der Waals surface area contributed by atoms with E-state index in [2.05, 4.69) is 19.9 Å². The summed E-state index contributed by atoms with van der Waals surface area (Å²) in [6, 6.07) is 0. The first kappa shape index (κ1) is 15.8. The van der Waals surface area contributed by atoms with Gasteiger partial charge in [0.1, 0.15) is 5.09 Å². The SMILES string of the molecule is CCC(CC)(C[S-])CSC1=CCCO1.[Li+]. The Morgan fingerprint density at radius 2 is 2.13 bits per heavy atom. The Labute approximate surface area is 115 Å². The third-order valence-electron chi connectivity index (χ3n) is 3.00. The fraction of sp³-hybridized carbons (Fsp3) is 0.818. The summed E-state index contributed by atoms with van der Waals surface area (Å²) in [6.45, 7) is 5.34. The van der Waals surface area contributed by atoms with Gasteiger partial charge in [0.15, 0.2) is 0 Å². The van der Waals surface area contributed by atoms with Gasteiger partial charge in [-0.3, -0.25) is 0 Å². The zero-order valence-corrected chi connectivity index (χ0v) is 11.7. The zero-order chi connectivity index (χ0) is 10.4. The van der Waals surface area contributed by atoms with Crippen LogP contribution in [0.3, 0.4) is 0 Å². The molecule has 0 aromatic carbocycles. The second-order valence-electron chi connectivity index (χ2n) is 3.80. The van der Waals surface area contributed by atoms with Crippen LogP contribution in [0.15, 0.2) is 11.2 Å². The zero-order valence-electron chi connectivity index (χ0n) is 10.0. The summed E-state index contributed by atoms with van der Waals surface area (Å²) < 4.78 is 5.47. The third-order valence-corrected chi connectivity index (χ3v) is 4.94. The van der Waals surface area contributed by atoms with Gasteiger partial charge in [-0.15, -0.1) is 0 Å². The predicted molar refractivity (Wildman–Crippen MR) is 66.4 cm³/mol. The molecule has 1 aliphatic rings. The molecule has 1 aliphatic heterocycles. The van der Waals surface area contributed by atoms with E-state index in [-0.39, 0.29) is 18.9 Å². The molecular formula is C11H19LiOS2. The Balaban J connectivity index is 0.00000196. The quantitative estimate of drug-likeness (QED) is 0.488. The summed E-state index contributed by atoms with van der Waals surface area (Å²) in [5, 5.41) is 1.11. The second kappa shape index (κ2) is 8.01. The molecule has 0 saturated carbocycles. The van der Waals surface area contributed by atoms with Gasteiger partial charge in [-0.25, -0.2) is 0 Å². The summed E-state index contributed by atoms with van der Waals surface area (Å²) in [7, 11) is 0. The Morgan fingerprint density at radius 1 is 1.47 bits per heavy atom. The van der Waals surface area contributed by atoms with Crippen LogP contribution in [-0.4, -0.2) is 18.1 Å². The summed E-state index contributed by atoms with van der Waals surface area (Å²) in [6.07, 6.45) is 5.60. The van der Waals surface area contributed by atoms with Gasteiger partial charge in [-0.05, 0) is 11.5 Å². The van der Waals surface area contributed by atoms with Gasteiger partial charge in [-0.2, -0.15) is 5.75 Å². The first-order chi connectivity index (χ1) is 6.76. The standard InChI is InChI=1S/C11H20OS2.Li/c1-3-11(4-2,8-13)9-14-10-6-5-7-12-10;/h6,13H,3-5,7-9H2,1-2H3;/q;+1/p-1. The molecule has 1 rings (SSSR count). The first-order valence-corrected chi connectivity index (χ1v) is 6.86. The molecule has 0 amide bonds. The maximum atomic E-state index is 5.47. The molecule has 4 heteroatoms. The average molecular weight is 238 g/mol. The fourth-order valence-corrected chi connectivity index (χ4v) is 3.42. The number of hydrogen-bond donors (Lipinski definition) is 0. The van der Waals surface area contributed by atoms with Gasteiger partial charge < -0.3 is 17.4 Å². The van der Waals surface area contributed by atoms with Crippen LogP contribution in [0.5, 0.6) is 0 Å². The molecule has 1 nitrogen and oxygen atoms in total. The number of hydrogen-bond acceptors (Lipinski definition) is 3. The molecule has 0 radical (unpaired) electrons. The van der Waals surface area contributed by atoms with E-state index in [4.69, 9.17) is 17.4 Å². The normalized spacial score (nSPS) is 15.5. The molecular weight excluding hydrogens is 219 g/mol. The number of ether oxygens (including phenoxy) is 1. The minimum Gasteiger partial charge on any atom is -0.792 e. The number of rotatable bonds is 6. The van der Waals surface area contributed by atoms with Crippen LogP contribution in [0.2, 0.25) is 0 Å². The summed E-state index contributed by atoms with van der Waals surface area (Å²) in [5.41, 5.74) is 0.340. The van der Waals surface area contributed by atoms with Crippen molar-refractivity contribution < 1.29 is 23.6 Å². The fourth-order valence-electron chi connectivity index (χ4n) is 1.42. The maximum Gasteiger partial charge on any atom is 1.00 e. The van der Waals surface area contributed by atoms with Crippen molar-refractivity contribution in [3.8, 4) is 0 Å². The maximum absolute atomic E-state index is 5.47. The van der Waals surface area contributed by atoms with Crippen molar-refractivity contribution in [2.75, 3.05) is 18.1 Å². The van der Waals surface area contributed by atoms with Gasteiger partial charge in [0, 0.05) is 12.2 Å². The monoisotopic (exact) mass is 238 g/mol. The van der Waals surface area contributed by atoms with Crippen LogP contribution in [0.25, 0.3) is 0 Å². The van der Waals surface area contributed by atoms with Gasteiger partial charge in [0.25, 0.3) is 0 Å². The van der Waals surface area contributed by atoms with E-state index in [1.807, 2.05) is 11.8 Å². The van der Waals surface area contributed by atoms with Gasteiger partial charge in [0.05, 0.1) is 6.61 Å². The Morgan fingerprint density at radius 3 is 2.53 bits per heavy atom. The smallest absolute Gasteiger partial charge is 0.792 e. The van der Waals surface area contributed by atoms with E-state index < -0.39 is 0 Å². The minimum atomic E-state index is 0. The van der Waals surface area contributed by atoms with Crippen molar-refractivity contribution in [3.63, 3.8) is 0 Å². The molecule has 0 unspecified atom stereocenters. The van der Waals surface area contributed by atoms with Crippen molar-refractivity contribution in [2.24, 2.45) is 5.41 Å². The molecule has 0 aliphatic carbocycles. The molecule has 0 bridgehead atoms. The van der Waals surface area contributed by atoms with Gasteiger partial charge >= 0.3 is 18.9 Å². The molecule has 0 spiro atoms. The second-order valence-corrected chi connectivity index (χ2v) is 5.07. The van der Waals surface area contributed by atoms with Crippen molar-refractivity contribution >= 4 is 24.4 Å². The van der Waals surface area contributed by atoms with Crippen LogP contribution in [-0.2, 0) is 17.4 Å². The van der Waals surface area contributed by atoms with E-state index in [9.17, 15) is 0 Å². The summed E-state index contributed by atoms with van der Waals surface area (Å²) >= 11 is 7.09. The van der Waals surface area contributed by atoms with Crippen LogP contribution in [0.4, 0.5) is 0 Å². The minimum absolute atomic E-state index is 0. The van der Waals surface area contributed by atoms with E-state index in [1.165, 1.54) is 12.8 Å². The molecule has 82 valence electrons. The molecule has 0 N–H and O–H groups in total. The van der Waals surface area contributed by atoms with Crippen molar-refractivity contribution in [1.29, 1.82) is 0 Å². The van der Waals surface area contributed by atoms with Crippen molar-refractivity contribution in [1.82, 2.24) is 0 Å². The van der Waals surface area contributed by atoms with Crippen molar-refractivity contribution in [3.05, 3.63) is 11.2 Å².